The van der Waals surface area contributed by atoms with E-state index in [-0.39, 0.29) is 0 Å². The maximum absolute atomic E-state index is 13.3. The number of sulfonamides is 1. The predicted molar refractivity (Wildman–Crippen MR) is 102 cm³/mol. The Labute approximate surface area is 154 Å². The van der Waals surface area contributed by atoms with Crippen LogP contribution in [-0.2, 0) is 10.0 Å². The first-order valence-corrected chi connectivity index (χ1v) is 10.6. The molecule has 0 amide bonds. The molecule has 1 unspecified atom stereocenters. The molecule has 0 spiro atoms. The minimum atomic E-state index is -3.53. The van der Waals surface area contributed by atoms with E-state index in [1.165, 1.54) is 0 Å². The van der Waals surface area contributed by atoms with Crippen molar-refractivity contribution in [2.75, 3.05) is 46.4 Å². The Morgan fingerprint density at radius 2 is 1.77 bits per heavy atom. The number of nitrogens with one attached hydrogen (secondary N) is 1. The highest BCUT2D eigenvalue weighted by atomic mass is 32.2. The quantitative estimate of drug-likeness (QED) is 0.878. The third-order valence-corrected chi connectivity index (χ3v) is 7.40. The first kappa shape index (κ1) is 17.7. The molecule has 2 fully saturated rings. The van der Waals surface area contributed by atoms with Crippen molar-refractivity contribution in [3.63, 3.8) is 0 Å². The van der Waals surface area contributed by atoms with Crippen LogP contribution in [0.4, 0.5) is 0 Å². The molecule has 0 aliphatic carbocycles. The summed E-state index contributed by atoms with van der Waals surface area (Å²) >= 11 is 0. The molecule has 1 atom stereocenters. The Kier molecular flexibility index (Phi) is 4.88. The maximum atomic E-state index is 13.3. The molecule has 2 aromatic rings. The van der Waals surface area contributed by atoms with Gasteiger partial charge in [0.05, 0.1) is 12.0 Å². The number of hydrogen-bond acceptors (Lipinski definition) is 5. The lowest BCUT2D eigenvalue weighted by atomic mass is 10.1. The second kappa shape index (κ2) is 7.15. The molecule has 7 heteroatoms. The monoisotopic (exact) mass is 375 g/mol. The fraction of sp³-hybridized carbons (Fsp3) is 0.474. The van der Waals surface area contributed by atoms with Gasteiger partial charge in [-0.25, -0.2) is 8.42 Å². The summed E-state index contributed by atoms with van der Waals surface area (Å²) in [5.74, 6) is 0.694. The van der Waals surface area contributed by atoms with E-state index in [1.807, 2.05) is 24.3 Å². The number of rotatable bonds is 4. The van der Waals surface area contributed by atoms with Gasteiger partial charge in [-0.3, -0.25) is 4.90 Å². The smallest absolute Gasteiger partial charge is 0.243 e. The summed E-state index contributed by atoms with van der Waals surface area (Å²) in [7, 11) is -1.92. The van der Waals surface area contributed by atoms with Gasteiger partial charge in [-0.2, -0.15) is 4.31 Å². The Bertz CT molecular complexity index is 894. The number of ether oxygens (including phenoxy) is 1. The SMILES string of the molecule is COc1ccc(S(=O)(=O)N2CCC(N3CCNCC3)C2)c2ccccc12. The highest BCUT2D eigenvalue weighted by molar-refractivity contribution is 7.89. The lowest BCUT2D eigenvalue weighted by Crippen LogP contribution is -2.49. The molecule has 2 aromatic carbocycles. The van der Waals surface area contributed by atoms with E-state index in [9.17, 15) is 8.42 Å². The number of piperazine rings is 1. The Morgan fingerprint density at radius 1 is 1.04 bits per heavy atom. The lowest BCUT2D eigenvalue weighted by Gasteiger charge is -2.32. The van der Waals surface area contributed by atoms with E-state index in [0.29, 0.717) is 29.8 Å². The molecule has 140 valence electrons. The van der Waals surface area contributed by atoms with Gasteiger partial charge < -0.3 is 10.1 Å². The van der Waals surface area contributed by atoms with Crippen LogP contribution >= 0.6 is 0 Å². The normalized spacial score (nSPS) is 22.7. The van der Waals surface area contributed by atoms with Crippen molar-refractivity contribution >= 4 is 20.8 Å². The zero-order valence-electron chi connectivity index (χ0n) is 15.0. The minimum absolute atomic E-state index is 0.316. The number of methoxy groups -OCH3 is 1. The van der Waals surface area contributed by atoms with Crippen LogP contribution in [0.3, 0.4) is 0 Å². The number of benzene rings is 2. The van der Waals surface area contributed by atoms with Crippen molar-refractivity contribution in [3.8, 4) is 5.75 Å². The molecule has 26 heavy (non-hydrogen) atoms. The topological polar surface area (TPSA) is 61.9 Å². The number of hydrogen-bond donors (Lipinski definition) is 1. The molecule has 0 saturated carbocycles. The zero-order chi connectivity index (χ0) is 18.1. The molecule has 0 radical (unpaired) electrons. The molecule has 6 nitrogen and oxygen atoms in total. The summed E-state index contributed by atoms with van der Waals surface area (Å²) in [5.41, 5.74) is 0. The molecular weight excluding hydrogens is 350 g/mol. The molecule has 2 saturated heterocycles. The minimum Gasteiger partial charge on any atom is -0.496 e. The van der Waals surface area contributed by atoms with Gasteiger partial charge in [0.1, 0.15) is 5.75 Å². The Hall–Kier alpha value is -1.67. The van der Waals surface area contributed by atoms with Gasteiger partial charge in [-0.05, 0) is 18.6 Å². The van der Waals surface area contributed by atoms with E-state index in [4.69, 9.17) is 4.74 Å². The van der Waals surface area contributed by atoms with Crippen LogP contribution < -0.4 is 10.1 Å². The molecule has 4 rings (SSSR count). The standard InChI is InChI=1S/C19H25N3O3S/c1-25-18-6-7-19(17-5-3-2-4-16(17)18)26(23,24)22-11-8-15(14-22)21-12-9-20-10-13-21/h2-7,15,20H,8-14H2,1H3. The van der Waals surface area contributed by atoms with Crippen LogP contribution in [0.15, 0.2) is 41.3 Å². The Balaban J connectivity index is 1.64. The van der Waals surface area contributed by atoms with E-state index in [0.717, 1.165) is 43.4 Å². The predicted octanol–water partition coefficient (Wildman–Crippen LogP) is 1.52. The molecule has 2 heterocycles. The molecule has 1 N–H and O–H groups in total. The second-order valence-electron chi connectivity index (χ2n) is 6.90. The molecule has 0 bridgehead atoms. The first-order valence-electron chi connectivity index (χ1n) is 9.12. The number of fused-ring (bicyclic) bond motifs is 1. The van der Waals surface area contributed by atoms with E-state index < -0.39 is 10.0 Å². The van der Waals surface area contributed by atoms with E-state index >= 15 is 0 Å². The molecule has 0 aromatic heterocycles. The van der Waals surface area contributed by atoms with Crippen molar-refractivity contribution in [2.45, 2.75) is 17.4 Å². The lowest BCUT2D eigenvalue weighted by molar-refractivity contribution is 0.179. The van der Waals surface area contributed by atoms with Crippen LogP contribution in [0.25, 0.3) is 10.8 Å². The average molecular weight is 375 g/mol. The summed E-state index contributed by atoms with van der Waals surface area (Å²) in [6.07, 6.45) is 0.896. The summed E-state index contributed by atoms with van der Waals surface area (Å²) in [5, 5.41) is 4.90. The van der Waals surface area contributed by atoms with Crippen LogP contribution in [0.1, 0.15) is 6.42 Å². The van der Waals surface area contributed by atoms with Crippen LogP contribution in [0, 0.1) is 0 Å². The number of nitrogens with zero attached hydrogens (tertiary/aromatic N) is 2. The first-order chi connectivity index (χ1) is 12.6. The van der Waals surface area contributed by atoms with Crippen molar-refractivity contribution < 1.29 is 13.2 Å². The molecule has 2 aliphatic heterocycles. The molecular formula is C19H25N3O3S. The second-order valence-corrected chi connectivity index (χ2v) is 8.81. The van der Waals surface area contributed by atoms with E-state index in [1.54, 1.807) is 23.5 Å². The van der Waals surface area contributed by atoms with E-state index in [2.05, 4.69) is 10.2 Å². The summed E-state index contributed by atoms with van der Waals surface area (Å²) in [6.45, 7) is 5.09. The summed E-state index contributed by atoms with van der Waals surface area (Å²) in [6, 6.07) is 11.3. The van der Waals surface area contributed by atoms with Gasteiger partial charge >= 0.3 is 0 Å². The molecule has 2 aliphatic rings. The van der Waals surface area contributed by atoms with Crippen molar-refractivity contribution in [1.29, 1.82) is 0 Å². The van der Waals surface area contributed by atoms with Crippen molar-refractivity contribution in [2.24, 2.45) is 0 Å². The van der Waals surface area contributed by atoms with Gasteiger partial charge in [0, 0.05) is 56.1 Å². The third-order valence-electron chi connectivity index (χ3n) is 5.48. The summed E-state index contributed by atoms with van der Waals surface area (Å²) in [4.78, 5) is 2.79. The van der Waals surface area contributed by atoms with Crippen LogP contribution in [0.5, 0.6) is 5.75 Å². The van der Waals surface area contributed by atoms with Crippen molar-refractivity contribution in [1.82, 2.24) is 14.5 Å². The maximum Gasteiger partial charge on any atom is 0.243 e. The zero-order valence-corrected chi connectivity index (χ0v) is 15.8. The summed E-state index contributed by atoms with van der Waals surface area (Å²) < 4.78 is 33.7. The third kappa shape index (κ3) is 3.09. The fourth-order valence-electron chi connectivity index (χ4n) is 4.06. The van der Waals surface area contributed by atoms with Gasteiger partial charge in [-0.15, -0.1) is 0 Å². The van der Waals surface area contributed by atoms with Crippen LogP contribution in [-0.4, -0.2) is 70.0 Å². The fourth-order valence-corrected chi connectivity index (χ4v) is 5.75. The highest BCUT2D eigenvalue weighted by Crippen LogP contribution is 2.33. The average Bonchev–Trinajstić information content (AvgIpc) is 3.19. The van der Waals surface area contributed by atoms with Gasteiger partial charge in [-0.1, -0.05) is 24.3 Å². The van der Waals surface area contributed by atoms with Crippen molar-refractivity contribution in [3.05, 3.63) is 36.4 Å². The van der Waals surface area contributed by atoms with Crippen LogP contribution in [0.2, 0.25) is 0 Å². The highest BCUT2D eigenvalue weighted by Gasteiger charge is 2.36. The van der Waals surface area contributed by atoms with Gasteiger partial charge in [0.2, 0.25) is 10.0 Å². The van der Waals surface area contributed by atoms with Gasteiger partial charge in [0.25, 0.3) is 0 Å². The largest absolute Gasteiger partial charge is 0.496 e. The van der Waals surface area contributed by atoms with Gasteiger partial charge in [0.15, 0.2) is 0 Å². The Morgan fingerprint density at radius 3 is 2.50 bits per heavy atom.